The number of amides is 2. The van der Waals surface area contributed by atoms with Crippen molar-refractivity contribution >= 4 is 11.8 Å². The molecule has 3 rings (SSSR count). The van der Waals surface area contributed by atoms with Crippen molar-refractivity contribution in [3.63, 3.8) is 0 Å². The Morgan fingerprint density at radius 2 is 1.89 bits per heavy atom. The lowest BCUT2D eigenvalue weighted by atomic mass is 10.0. The Kier molecular flexibility index (Phi) is 6.19. The molecule has 0 saturated carbocycles. The summed E-state index contributed by atoms with van der Waals surface area (Å²) in [5.74, 6) is -0.931. The highest BCUT2D eigenvalue weighted by Gasteiger charge is 2.31. The summed E-state index contributed by atoms with van der Waals surface area (Å²) in [7, 11) is 0. The number of nitrogens with one attached hydrogen (secondary N) is 1. The fourth-order valence-corrected chi connectivity index (χ4v) is 3.27. The Balaban J connectivity index is 1.74. The Bertz CT molecular complexity index is 797. The molecule has 0 aromatic heterocycles. The van der Waals surface area contributed by atoms with Gasteiger partial charge in [-0.3, -0.25) is 9.59 Å². The van der Waals surface area contributed by atoms with Crippen LogP contribution in [0, 0.1) is 5.82 Å². The minimum atomic E-state index is -0.811. The molecule has 6 heteroatoms. The van der Waals surface area contributed by atoms with E-state index in [2.05, 4.69) is 5.32 Å². The molecular formula is C21H23FN2O3. The van der Waals surface area contributed by atoms with Crippen molar-refractivity contribution < 1.29 is 18.7 Å². The lowest BCUT2D eigenvalue weighted by molar-refractivity contribution is -0.143. The van der Waals surface area contributed by atoms with E-state index in [0.717, 1.165) is 5.56 Å². The molecule has 0 radical (unpaired) electrons. The van der Waals surface area contributed by atoms with Crippen molar-refractivity contribution in [3.8, 4) is 0 Å². The largest absolute Gasteiger partial charge is 0.370 e. The molecular weight excluding hydrogens is 347 g/mol. The molecule has 2 unspecified atom stereocenters. The van der Waals surface area contributed by atoms with E-state index >= 15 is 0 Å². The van der Waals surface area contributed by atoms with Gasteiger partial charge in [0, 0.05) is 19.9 Å². The summed E-state index contributed by atoms with van der Waals surface area (Å²) in [6.07, 6.45) is -0.103. The van der Waals surface area contributed by atoms with Crippen LogP contribution in [0.1, 0.15) is 24.2 Å². The van der Waals surface area contributed by atoms with Crippen LogP contribution >= 0.6 is 0 Å². The first-order valence-electron chi connectivity index (χ1n) is 9.00. The molecule has 1 aliphatic rings. The van der Waals surface area contributed by atoms with Crippen LogP contribution in [0.4, 0.5) is 4.39 Å². The standard InChI is InChI=1S/C21H23FN2O3/c1-15(25)23-19(13-17-9-5-6-10-18(17)22)21(26)24-11-12-27-20(14-24)16-7-3-2-4-8-16/h2-10,19-20H,11-14H2,1H3,(H,23,25). The monoisotopic (exact) mass is 370 g/mol. The van der Waals surface area contributed by atoms with E-state index in [0.29, 0.717) is 25.3 Å². The van der Waals surface area contributed by atoms with Gasteiger partial charge in [0.15, 0.2) is 0 Å². The molecule has 0 spiro atoms. The molecule has 0 bridgehead atoms. The SMILES string of the molecule is CC(=O)NC(Cc1ccccc1F)C(=O)N1CCOC(c2ccccc2)C1. The second-order valence-electron chi connectivity index (χ2n) is 6.60. The Labute approximate surface area is 158 Å². The van der Waals surface area contributed by atoms with Crippen LogP contribution in [0.25, 0.3) is 0 Å². The van der Waals surface area contributed by atoms with Crippen molar-refractivity contribution in [2.24, 2.45) is 0 Å². The fourth-order valence-electron chi connectivity index (χ4n) is 3.27. The number of carbonyl (C=O) groups is 2. The third-order valence-corrected chi connectivity index (χ3v) is 4.61. The van der Waals surface area contributed by atoms with Crippen LogP contribution in [0.3, 0.4) is 0 Å². The number of nitrogens with zero attached hydrogens (tertiary/aromatic N) is 1. The van der Waals surface area contributed by atoms with E-state index < -0.39 is 6.04 Å². The van der Waals surface area contributed by atoms with Crippen LogP contribution in [0.5, 0.6) is 0 Å². The topological polar surface area (TPSA) is 58.6 Å². The zero-order valence-corrected chi connectivity index (χ0v) is 15.2. The lowest BCUT2D eigenvalue weighted by Gasteiger charge is -2.35. The van der Waals surface area contributed by atoms with Gasteiger partial charge in [-0.15, -0.1) is 0 Å². The Morgan fingerprint density at radius 1 is 1.19 bits per heavy atom. The van der Waals surface area contributed by atoms with Crippen molar-refractivity contribution in [2.45, 2.75) is 25.5 Å². The first-order valence-corrected chi connectivity index (χ1v) is 9.00. The number of ether oxygens (including phenoxy) is 1. The Morgan fingerprint density at radius 3 is 2.59 bits per heavy atom. The number of carbonyl (C=O) groups excluding carboxylic acids is 2. The van der Waals surface area contributed by atoms with E-state index in [1.807, 2.05) is 30.3 Å². The summed E-state index contributed by atoms with van der Waals surface area (Å²) in [6.45, 7) is 2.61. The summed E-state index contributed by atoms with van der Waals surface area (Å²) >= 11 is 0. The van der Waals surface area contributed by atoms with Gasteiger partial charge in [0.25, 0.3) is 0 Å². The lowest BCUT2D eigenvalue weighted by Crippen LogP contribution is -2.52. The van der Waals surface area contributed by atoms with Gasteiger partial charge in [0.2, 0.25) is 11.8 Å². The maximum absolute atomic E-state index is 14.0. The van der Waals surface area contributed by atoms with Crippen LogP contribution in [-0.4, -0.2) is 42.5 Å². The summed E-state index contributed by atoms with van der Waals surface area (Å²) in [5, 5.41) is 2.67. The summed E-state index contributed by atoms with van der Waals surface area (Å²) in [4.78, 5) is 26.3. The predicted octanol–water partition coefficient (Wildman–Crippen LogP) is 2.47. The second kappa shape index (κ2) is 8.77. The van der Waals surface area contributed by atoms with E-state index in [-0.39, 0.29) is 30.2 Å². The van der Waals surface area contributed by atoms with Gasteiger partial charge in [0.05, 0.1) is 13.2 Å². The number of rotatable bonds is 5. The fraction of sp³-hybridized carbons (Fsp3) is 0.333. The van der Waals surface area contributed by atoms with E-state index in [1.165, 1.54) is 13.0 Å². The quantitative estimate of drug-likeness (QED) is 0.880. The molecule has 1 fully saturated rings. The maximum Gasteiger partial charge on any atom is 0.245 e. The van der Waals surface area contributed by atoms with Crippen molar-refractivity contribution in [1.29, 1.82) is 0 Å². The minimum Gasteiger partial charge on any atom is -0.370 e. The molecule has 1 heterocycles. The van der Waals surface area contributed by atoms with E-state index in [9.17, 15) is 14.0 Å². The average molecular weight is 370 g/mol. The van der Waals surface area contributed by atoms with Gasteiger partial charge in [-0.1, -0.05) is 48.5 Å². The normalized spacial score (nSPS) is 18.0. The maximum atomic E-state index is 14.0. The zero-order valence-electron chi connectivity index (χ0n) is 15.2. The van der Waals surface area contributed by atoms with Gasteiger partial charge in [-0.25, -0.2) is 4.39 Å². The van der Waals surface area contributed by atoms with Crippen LogP contribution in [0.15, 0.2) is 54.6 Å². The van der Waals surface area contributed by atoms with E-state index in [1.54, 1.807) is 23.1 Å². The second-order valence-corrected chi connectivity index (χ2v) is 6.60. The Hall–Kier alpha value is -2.73. The number of halogens is 1. The van der Waals surface area contributed by atoms with Crippen molar-refractivity contribution in [2.75, 3.05) is 19.7 Å². The first kappa shape index (κ1) is 19.0. The number of benzene rings is 2. The average Bonchev–Trinajstić information content (AvgIpc) is 2.69. The van der Waals surface area contributed by atoms with Crippen LogP contribution < -0.4 is 5.32 Å². The molecule has 142 valence electrons. The summed E-state index contributed by atoms with van der Waals surface area (Å²) < 4.78 is 19.8. The molecule has 1 aliphatic heterocycles. The smallest absolute Gasteiger partial charge is 0.245 e. The zero-order chi connectivity index (χ0) is 19.2. The highest BCUT2D eigenvalue weighted by Crippen LogP contribution is 2.23. The molecule has 2 atom stereocenters. The molecule has 2 amide bonds. The highest BCUT2D eigenvalue weighted by molar-refractivity contribution is 5.87. The third kappa shape index (κ3) is 4.92. The van der Waals surface area contributed by atoms with Gasteiger partial charge >= 0.3 is 0 Å². The molecule has 27 heavy (non-hydrogen) atoms. The van der Waals surface area contributed by atoms with Gasteiger partial charge in [0.1, 0.15) is 18.0 Å². The molecule has 1 N–H and O–H groups in total. The van der Waals surface area contributed by atoms with Gasteiger partial charge < -0.3 is 15.0 Å². The summed E-state index contributed by atoms with van der Waals surface area (Å²) in [6, 6.07) is 15.2. The summed E-state index contributed by atoms with van der Waals surface area (Å²) in [5.41, 5.74) is 1.40. The van der Waals surface area contributed by atoms with Gasteiger partial charge in [-0.2, -0.15) is 0 Å². The molecule has 2 aromatic carbocycles. The molecule has 0 aliphatic carbocycles. The van der Waals surface area contributed by atoms with Gasteiger partial charge in [-0.05, 0) is 17.2 Å². The number of morpholine rings is 1. The predicted molar refractivity (Wildman–Crippen MR) is 99.4 cm³/mol. The van der Waals surface area contributed by atoms with E-state index in [4.69, 9.17) is 4.74 Å². The van der Waals surface area contributed by atoms with Crippen molar-refractivity contribution in [1.82, 2.24) is 10.2 Å². The number of hydrogen-bond acceptors (Lipinski definition) is 3. The molecule has 2 aromatic rings. The highest BCUT2D eigenvalue weighted by atomic mass is 19.1. The first-order chi connectivity index (χ1) is 13.0. The molecule has 1 saturated heterocycles. The minimum absolute atomic E-state index is 0.110. The number of hydrogen-bond donors (Lipinski definition) is 1. The molecule has 5 nitrogen and oxygen atoms in total. The van der Waals surface area contributed by atoms with Crippen LogP contribution in [-0.2, 0) is 20.7 Å². The third-order valence-electron chi connectivity index (χ3n) is 4.61. The van der Waals surface area contributed by atoms with Crippen molar-refractivity contribution in [3.05, 3.63) is 71.5 Å². The van der Waals surface area contributed by atoms with Crippen LogP contribution in [0.2, 0.25) is 0 Å².